The van der Waals surface area contributed by atoms with Crippen LogP contribution in [0.5, 0.6) is 0 Å². The molecule has 0 saturated carbocycles. The van der Waals surface area contributed by atoms with Crippen LogP contribution in [0.2, 0.25) is 0 Å². The molecule has 0 aliphatic rings. The quantitative estimate of drug-likeness (QED) is 0.419. The molecule has 0 aliphatic carbocycles. The van der Waals surface area contributed by atoms with E-state index in [-0.39, 0.29) is 12.2 Å². The van der Waals surface area contributed by atoms with Gasteiger partial charge in [-0.1, -0.05) is 6.08 Å². The molecule has 0 spiro atoms. The summed E-state index contributed by atoms with van der Waals surface area (Å²) in [6.07, 6.45) is 1.25. The van der Waals surface area contributed by atoms with Gasteiger partial charge in [0, 0.05) is 9.69 Å². The first-order valence-electron chi connectivity index (χ1n) is 4.27. The lowest BCUT2D eigenvalue weighted by atomic mass is 10.3. The normalized spacial score (nSPS) is 17.6. The molecule has 0 heterocycles. The number of carbonyl (C=O) groups excluding carboxylic acids is 1. The fourth-order valence-corrected chi connectivity index (χ4v) is 0.327. The molecule has 0 saturated heterocycles. The SMILES string of the molecule is [2H]C([2H])([2H])/C(=C\C)C(=O)OCC. The number of hydrogen-bond donors (Lipinski definition) is 0. The second-order valence-corrected chi connectivity index (χ2v) is 1.42. The van der Waals surface area contributed by atoms with Gasteiger partial charge in [-0.25, -0.2) is 4.79 Å². The molecule has 0 rings (SSSR count). The van der Waals surface area contributed by atoms with Crippen molar-refractivity contribution in [2.45, 2.75) is 20.7 Å². The Morgan fingerprint density at radius 3 is 2.89 bits per heavy atom. The van der Waals surface area contributed by atoms with Crippen molar-refractivity contribution < 1.29 is 13.6 Å². The van der Waals surface area contributed by atoms with Gasteiger partial charge >= 0.3 is 5.97 Å². The summed E-state index contributed by atoms with van der Waals surface area (Å²) in [6, 6.07) is 0. The van der Waals surface area contributed by atoms with Gasteiger partial charge in [-0.15, -0.1) is 0 Å². The maximum Gasteiger partial charge on any atom is 0.333 e. The summed E-state index contributed by atoms with van der Waals surface area (Å²) in [5.74, 6) is -0.764. The van der Waals surface area contributed by atoms with Crippen molar-refractivity contribution in [3.05, 3.63) is 11.6 Å². The zero-order valence-corrected chi connectivity index (χ0v) is 5.60. The van der Waals surface area contributed by atoms with Crippen molar-refractivity contribution >= 4 is 5.97 Å². The zero-order valence-electron chi connectivity index (χ0n) is 8.60. The smallest absolute Gasteiger partial charge is 0.333 e. The standard InChI is InChI=1S/C7H12O2/c1-4-6(3)7(8)9-5-2/h4H,5H2,1-3H3/b6-4+/i3D3. The van der Waals surface area contributed by atoms with E-state index in [1.54, 1.807) is 6.92 Å². The van der Waals surface area contributed by atoms with E-state index in [0.29, 0.717) is 0 Å². The van der Waals surface area contributed by atoms with E-state index in [2.05, 4.69) is 4.74 Å². The van der Waals surface area contributed by atoms with Crippen LogP contribution < -0.4 is 0 Å². The van der Waals surface area contributed by atoms with E-state index in [1.165, 1.54) is 13.0 Å². The predicted octanol–water partition coefficient (Wildman–Crippen LogP) is 1.52. The second kappa shape index (κ2) is 4.13. The van der Waals surface area contributed by atoms with Gasteiger partial charge in [-0.3, -0.25) is 0 Å². The first-order chi connectivity index (χ1) is 5.43. The summed E-state index contributed by atoms with van der Waals surface area (Å²) in [6.45, 7) is 0.941. The van der Waals surface area contributed by atoms with E-state index >= 15 is 0 Å². The fourth-order valence-electron chi connectivity index (χ4n) is 0.327. The lowest BCUT2D eigenvalue weighted by molar-refractivity contribution is -0.138. The fraction of sp³-hybridized carbons (Fsp3) is 0.571. The molecule has 0 radical (unpaired) electrons. The molecule has 0 aromatic rings. The van der Waals surface area contributed by atoms with Gasteiger partial charge in [0.05, 0.1) is 6.61 Å². The Bertz CT molecular complexity index is 193. The highest BCUT2D eigenvalue weighted by atomic mass is 16.5. The topological polar surface area (TPSA) is 26.3 Å². The highest BCUT2D eigenvalue weighted by Gasteiger charge is 2.00. The molecule has 9 heavy (non-hydrogen) atoms. The van der Waals surface area contributed by atoms with E-state index < -0.39 is 12.8 Å². The van der Waals surface area contributed by atoms with Gasteiger partial charge in [0.1, 0.15) is 0 Å². The monoisotopic (exact) mass is 131 g/mol. The van der Waals surface area contributed by atoms with Crippen molar-refractivity contribution in [1.29, 1.82) is 0 Å². The molecule has 0 amide bonds. The molecule has 2 heteroatoms. The minimum Gasteiger partial charge on any atom is -0.463 e. The third-order valence-electron chi connectivity index (χ3n) is 0.784. The molecule has 52 valence electrons. The minimum absolute atomic E-state index is 0.187. The Hall–Kier alpha value is -0.790. The molecule has 0 aromatic carbocycles. The molecule has 0 aliphatic heterocycles. The van der Waals surface area contributed by atoms with Gasteiger partial charge in [-0.2, -0.15) is 0 Å². The number of rotatable bonds is 2. The molecule has 0 N–H and O–H groups in total. The van der Waals surface area contributed by atoms with Crippen LogP contribution in [0.25, 0.3) is 0 Å². The average molecular weight is 131 g/mol. The Kier molecular flexibility index (Phi) is 1.88. The van der Waals surface area contributed by atoms with Crippen LogP contribution in [-0.4, -0.2) is 12.6 Å². The van der Waals surface area contributed by atoms with Crippen molar-refractivity contribution in [3.63, 3.8) is 0 Å². The molecule has 0 fully saturated rings. The lowest BCUT2D eigenvalue weighted by Gasteiger charge is -1.98. The average Bonchev–Trinajstić information content (AvgIpc) is 1.85. The highest BCUT2D eigenvalue weighted by molar-refractivity contribution is 5.87. The third kappa shape index (κ3) is 2.90. The summed E-state index contributed by atoms with van der Waals surface area (Å²) in [4.78, 5) is 11.0. The van der Waals surface area contributed by atoms with Crippen molar-refractivity contribution in [3.8, 4) is 0 Å². The van der Waals surface area contributed by atoms with Crippen LogP contribution in [-0.2, 0) is 9.53 Å². The summed E-state index contributed by atoms with van der Waals surface area (Å²) >= 11 is 0. The molecule has 2 nitrogen and oxygen atoms in total. The van der Waals surface area contributed by atoms with Crippen molar-refractivity contribution in [1.82, 2.24) is 0 Å². The van der Waals surface area contributed by atoms with Crippen molar-refractivity contribution in [2.75, 3.05) is 6.61 Å². The van der Waals surface area contributed by atoms with Crippen LogP contribution in [0.3, 0.4) is 0 Å². The van der Waals surface area contributed by atoms with Gasteiger partial charge in [0.15, 0.2) is 0 Å². The first-order valence-corrected chi connectivity index (χ1v) is 2.77. The van der Waals surface area contributed by atoms with E-state index in [0.717, 1.165) is 0 Å². The van der Waals surface area contributed by atoms with Gasteiger partial charge in [0.25, 0.3) is 0 Å². The maximum absolute atomic E-state index is 11.0. The number of esters is 1. The second-order valence-electron chi connectivity index (χ2n) is 1.42. The first kappa shape index (κ1) is 4.09. The Morgan fingerprint density at radius 1 is 1.89 bits per heavy atom. The maximum atomic E-state index is 11.0. The van der Waals surface area contributed by atoms with E-state index in [4.69, 9.17) is 4.11 Å². The van der Waals surface area contributed by atoms with E-state index in [9.17, 15) is 4.79 Å². The molecule has 0 unspecified atom stereocenters. The van der Waals surface area contributed by atoms with Gasteiger partial charge in [0.2, 0.25) is 0 Å². The minimum atomic E-state index is -2.37. The molecule has 0 aromatic heterocycles. The lowest BCUT2D eigenvalue weighted by Crippen LogP contribution is -2.04. The van der Waals surface area contributed by atoms with Crippen LogP contribution in [0.15, 0.2) is 11.6 Å². The molecular formula is C7H12O2. The number of hydrogen-bond acceptors (Lipinski definition) is 2. The van der Waals surface area contributed by atoms with Crippen LogP contribution in [0.4, 0.5) is 0 Å². The van der Waals surface area contributed by atoms with E-state index in [1.807, 2.05) is 0 Å². The number of carbonyl (C=O) groups is 1. The number of ether oxygens (including phenoxy) is 1. The Balaban J connectivity index is 4.49. The summed E-state index contributed by atoms with van der Waals surface area (Å²) in [5, 5.41) is 0. The predicted molar refractivity (Wildman–Crippen MR) is 36.1 cm³/mol. The zero-order chi connectivity index (χ0) is 9.78. The van der Waals surface area contributed by atoms with Crippen LogP contribution in [0, 0.1) is 0 Å². The summed E-state index contributed by atoms with van der Waals surface area (Å²) in [7, 11) is 0. The van der Waals surface area contributed by atoms with Gasteiger partial charge in [-0.05, 0) is 20.7 Å². The summed E-state index contributed by atoms with van der Waals surface area (Å²) in [5.41, 5.74) is -0.260. The molecule has 0 bridgehead atoms. The van der Waals surface area contributed by atoms with Gasteiger partial charge < -0.3 is 4.74 Å². The van der Waals surface area contributed by atoms with Crippen LogP contribution in [0.1, 0.15) is 24.8 Å². The summed E-state index contributed by atoms with van der Waals surface area (Å²) < 4.78 is 25.4. The van der Waals surface area contributed by atoms with Crippen LogP contribution >= 0.6 is 0 Å². The Labute approximate surface area is 59.7 Å². The largest absolute Gasteiger partial charge is 0.463 e. The third-order valence-corrected chi connectivity index (χ3v) is 0.784. The van der Waals surface area contributed by atoms with Crippen molar-refractivity contribution in [2.24, 2.45) is 0 Å². The highest BCUT2D eigenvalue weighted by Crippen LogP contribution is 1.94. The number of allylic oxidation sites excluding steroid dienone is 1. The molecule has 0 atom stereocenters. The molecular weight excluding hydrogens is 116 g/mol. The Morgan fingerprint density at radius 2 is 2.56 bits per heavy atom.